The first kappa shape index (κ1) is 13.7. The van der Waals surface area contributed by atoms with Crippen LogP contribution >= 0.6 is 11.3 Å². The van der Waals surface area contributed by atoms with Crippen molar-refractivity contribution in [3.63, 3.8) is 0 Å². The topological polar surface area (TPSA) is 102 Å². The van der Waals surface area contributed by atoms with Crippen molar-refractivity contribution in [3.05, 3.63) is 5.69 Å². The van der Waals surface area contributed by atoms with Gasteiger partial charge >= 0.3 is 0 Å². The molecule has 1 fully saturated rings. The smallest absolute Gasteiger partial charge is 0.249 e. The van der Waals surface area contributed by atoms with Gasteiger partial charge in [0, 0.05) is 19.1 Å². The van der Waals surface area contributed by atoms with Crippen LogP contribution in [0.4, 0.5) is 5.13 Å². The Hall–Kier alpha value is -0.700. The fourth-order valence-electron chi connectivity index (χ4n) is 2.25. The molecular formula is C10H18N4O2S2. The summed E-state index contributed by atoms with van der Waals surface area (Å²) in [4.78, 5) is 6.44. The van der Waals surface area contributed by atoms with Crippen LogP contribution in [0.1, 0.15) is 25.0 Å². The van der Waals surface area contributed by atoms with Crippen molar-refractivity contribution >= 4 is 26.5 Å². The summed E-state index contributed by atoms with van der Waals surface area (Å²) >= 11 is 1.14. The van der Waals surface area contributed by atoms with E-state index in [1.165, 1.54) is 0 Å². The molecule has 0 bridgehead atoms. The Morgan fingerprint density at radius 2 is 2.22 bits per heavy atom. The Morgan fingerprint density at radius 3 is 2.78 bits per heavy atom. The lowest BCUT2D eigenvalue weighted by molar-refractivity contribution is 0.464. The molecule has 1 unspecified atom stereocenters. The molecule has 1 aliphatic rings. The maximum absolute atomic E-state index is 11.4. The Morgan fingerprint density at radius 1 is 1.50 bits per heavy atom. The van der Waals surface area contributed by atoms with E-state index in [1.807, 2.05) is 0 Å². The lowest BCUT2D eigenvalue weighted by Crippen LogP contribution is -2.44. The Bertz CT molecular complexity index is 526. The summed E-state index contributed by atoms with van der Waals surface area (Å²) in [6.45, 7) is 3.10. The number of thiazole rings is 1. The molecule has 1 aromatic heterocycles. The second kappa shape index (κ2) is 5.12. The van der Waals surface area contributed by atoms with Gasteiger partial charge in [-0.25, -0.2) is 18.5 Å². The van der Waals surface area contributed by atoms with Crippen molar-refractivity contribution in [2.45, 2.75) is 36.4 Å². The summed E-state index contributed by atoms with van der Waals surface area (Å²) in [5, 5.41) is 5.88. The van der Waals surface area contributed by atoms with Crippen LogP contribution in [0.25, 0.3) is 0 Å². The standard InChI is InChI=1S/C10H18N4O2S2/c1-7-9(18(12,15)16)17-10(13-7)14-5-3-2-4-8(14)6-11/h8H,2-6,11H2,1H3,(H2,12,15,16). The van der Waals surface area contributed by atoms with E-state index in [0.29, 0.717) is 17.4 Å². The van der Waals surface area contributed by atoms with E-state index < -0.39 is 10.0 Å². The number of sulfonamides is 1. The molecule has 6 nitrogen and oxygen atoms in total. The predicted molar refractivity (Wildman–Crippen MR) is 72.3 cm³/mol. The van der Waals surface area contributed by atoms with Gasteiger partial charge < -0.3 is 10.6 Å². The molecule has 0 radical (unpaired) electrons. The molecule has 0 aliphatic carbocycles. The lowest BCUT2D eigenvalue weighted by atomic mass is 10.0. The Labute approximate surface area is 111 Å². The minimum Gasteiger partial charge on any atom is -0.344 e. The monoisotopic (exact) mass is 290 g/mol. The van der Waals surface area contributed by atoms with Crippen LogP contribution in [0.2, 0.25) is 0 Å². The third-order valence-corrected chi connectivity index (χ3v) is 5.89. The number of aryl methyl sites for hydroxylation is 1. The molecule has 1 saturated heterocycles. The van der Waals surface area contributed by atoms with Crippen molar-refractivity contribution in [3.8, 4) is 0 Å². The summed E-state index contributed by atoms with van der Waals surface area (Å²) in [6, 6.07) is 0.248. The first-order valence-electron chi connectivity index (χ1n) is 5.90. The number of nitrogens with two attached hydrogens (primary N) is 2. The van der Waals surface area contributed by atoms with E-state index in [4.69, 9.17) is 10.9 Å². The molecule has 8 heteroatoms. The Kier molecular flexibility index (Phi) is 3.90. The van der Waals surface area contributed by atoms with Crippen molar-refractivity contribution < 1.29 is 8.42 Å². The highest BCUT2D eigenvalue weighted by molar-refractivity contribution is 7.91. The Balaban J connectivity index is 2.33. The van der Waals surface area contributed by atoms with Crippen molar-refractivity contribution in [1.29, 1.82) is 0 Å². The summed E-state index contributed by atoms with van der Waals surface area (Å²) in [5.41, 5.74) is 6.23. The van der Waals surface area contributed by atoms with E-state index in [9.17, 15) is 8.42 Å². The van der Waals surface area contributed by atoms with E-state index in [2.05, 4.69) is 9.88 Å². The first-order chi connectivity index (χ1) is 8.43. The third kappa shape index (κ3) is 2.66. The summed E-state index contributed by atoms with van der Waals surface area (Å²) in [5.74, 6) is 0. The fraction of sp³-hybridized carbons (Fsp3) is 0.700. The van der Waals surface area contributed by atoms with Gasteiger partial charge in [-0.2, -0.15) is 0 Å². The summed E-state index contributed by atoms with van der Waals surface area (Å²) in [6.07, 6.45) is 3.27. The van der Waals surface area contributed by atoms with Gasteiger partial charge in [0.1, 0.15) is 0 Å². The van der Waals surface area contributed by atoms with Gasteiger partial charge in [0.15, 0.2) is 9.34 Å². The minimum absolute atomic E-state index is 0.152. The molecular weight excluding hydrogens is 272 g/mol. The first-order valence-corrected chi connectivity index (χ1v) is 8.26. The van der Waals surface area contributed by atoms with E-state index >= 15 is 0 Å². The van der Waals surface area contributed by atoms with Crippen molar-refractivity contribution in [2.75, 3.05) is 18.0 Å². The van der Waals surface area contributed by atoms with Crippen molar-refractivity contribution in [1.82, 2.24) is 4.98 Å². The van der Waals surface area contributed by atoms with Gasteiger partial charge in [-0.3, -0.25) is 0 Å². The second-order valence-corrected chi connectivity index (χ2v) is 7.23. The molecule has 2 rings (SSSR count). The molecule has 1 aliphatic heterocycles. The number of hydrogen-bond donors (Lipinski definition) is 2. The largest absolute Gasteiger partial charge is 0.344 e. The zero-order chi connectivity index (χ0) is 13.3. The van der Waals surface area contributed by atoms with Gasteiger partial charge in [-0.15, -0.1) is 0 Å². The van der Waals surface area contributed by atoms with Gasteiger partial charge in [0.05, 0.1) is 5.69 Å². The molecule has 0 saturated carbocycles. The maximum Gasteiger partial charge on any atom is 0.249 e. The highest BCUT2D eigenvalue weighted by Crippen LogP contribution is 2.32. The molecule has 0 amide bonds. The van der Waals surface area contributed by atoms with Gasteiger partial charge in [-0.05, 0) is 26.2 Å². The van der Waals surface area contributed by atoms with Crippen LogP contribution in [-0.4, -0.2) is 32.5 Å². The molecule has 1 aromatic rings. The zero-order valence-corrected chi connectivity index (χ0v) is 11.9. The van der Waals surface area contributed by atoms with Crippen LogP contribution in [0, 0.1) is 6.92 Å². The average molecular weight is 290 g/mol. The number of piperidine rings is 1. The van der Waals surface area contributed by atoms with E-state index in [0.717, 1.165) is 37.1 Å². The average Bonchev–Trinajstić information content (AvgIpc) is 2.71. The molecule has 2 heterocycles. The highest BCUT2D eigenvalue weighted by atomic mass is 32.2. The SMILES string of the molecule is Cc1nc(N2CCCCC2CN)sc1S(N)(=O)=O. The number of aromatic nitrogens is 1. The zero-order valence-electron chi connectivity index (χ0n) is 10.3. The fourth-order valence-corrected chi connectivity index (χ4v) is 4.30. The number of nitrogens with zero attached hydrogens (tertiary/aromatic N) is 2. The number of rotatable bonds is 3. The van der Waals surface area contributed by atoms with Crippen LogP contribution < -0.4 is 15.8 Å². The highest BCUT2D eigenvalue weighted by Gasteiger charge is 2.26. The quantitative estimate of drug-likeness (QED) is 0.839. The summed E-state index contributed by atoms with van der Waals surface area (Å²) < 4.78 is 23.0. The summed E-state index contributed by atoms with van der Waals surface area (Å²) in [7, 11) is -3.68. The predicted octanol–water partition coefficient (Wildman–Crippen LogP) is 0.417. The van der Waals surface area contributed by atoms with Crippen LogP contribution in [0.15, 0.2) is 4.21 Å². The van der Waals surface area contributed by atoms with Gasteiger partial charge in [0.2, 0.25) is 10.0 Å². The third-order valence-electron chi connectivity index (χ3n) is 3.15. The maximum atomic E-state index is 11.4. The van der Waals surface area contributed by atoms with Crippen LogP contribution in [-0.2, 0) is 10.0 Å². The molecule has 18 heavy (non-hydrogen) atoms. The number of hydrogen-bond acceptors (Lipinski definition) is 6. The van der Waals surface area contributed by atoms with Crippen LogP contribution in [0.3, 0.4) is 0 Å². The second-order valence-electron chi connectivity index (χ2n) is 4.49. The lowest BCUT2D eigenvalue weighted by Gasteiger charge is -2.34. The van der Waals surface area contributed by atoms with E-state index in [-0.39, 0.29) is 10.3 Å². The molecule has 1 atom stereocenters. The van der Waals surface area contributed by atoms with Crippen molar-refractivity contribution in [2.24, 2.45) is 10.9 Å². The molecule has 0 spiro atoms. The van der Waals surface area contributed by atoms with Gasteiger partial charge in [0.25, 0.3) is 0 Å². The molecule has 102 valence electrons. The molecule has 4 N–H and O–H groups in total. The number of primary sulfonamides is 1. The van der Waals surface area contributed by atoms with Crippen LogP contribution in [0.5, 0.6) is 0 Å². The number of anilines is 1. The normalized spacial score (nSPS) is 21.3. The molecule has 0 aromatic carbocycles. The van der Waals surface area contributed by atoms with E-state index in [1.54, 1.807) is 6.92 Å². The minimum atomic E-state index is -3.68. The van der Waals surface area contributed by atoms with Gasteiger partial charge in [-0.1, -0.05) is 11.3 Å².